The Balaban J connectivity index is 1.64. The minimum Gasteiger partial charge on any atom is -0.314 e. The first-order valence-electron chi connectivity index (χ1n) is 6.58. The maximum absolute atomic E-state index is 3.79. The molecule has 2 saturated carbocycles. The van der Waals surface area contributed by atoms with Gasteiger partial charge in [0.05, 0.1) is 0 Å². The minimum absolute atomic E-state index is 0.847. The van der Waals surface area contributed by atoms with Gasteiger partial charge in [-0.05, 0) is 44.1 Å². The molecule has 2 atom stereocenters. The zero-order valence-corrected chi connectivity index (χ0v) is 9.60. The third-order valence-corrected chi connectivity index (χ3v) is 4.11. The number of hydrogen-bond donors (Lipinski definition) is 1. The van der Waals surface area contributed by atoms with Crippen LogP contribution in [-0.2, 0) is 0 Å². The fraction of sp³-hybridized carbons (Fsp3) is 1.00. The molecule has 0 spiro atoms. The van der Waals surface area contributed by atoms with Crippen molar-refractivity contribution in [2.75, 3.05) is 6.54 Å². The van der Waals surface area contributed by atoms with Crippen LogP contribution >= 0.6 is 0 Å². The SMILES string of the molecule is CC1CCCC(NCC2CCCC2)C1. The van der Waals surface area contributed by atoms with Gasteiger partial charge >= 0.3 is 0 Å². The molecule has 82 valence electrons. The van der Waals surface area contributed by atoms with Crippen LogP contribution in [0.5, 0.6) is 0 Å². The molecular weight excluding hydrogens is 170 g/mol. The Bertz CT molecular complexity index is 161. The molecule has 0 aromatic heterocycles. The standard InChI is InChI=1S/C13H25N/c1-11-5-4-8-13(9-11)14-10-12-6-2-3-7-12/h11-14H,2-10H2,1H3. The van der Waals surface area contributed by atoms with Crippen molar-refractivity contribution in [3.05, 3.63) is 0 Å². The summed E-state index contributed by atoms with van der Waals surface area (Å²) in [4.78, 5) is 0. The molecule has 2 aliphatic rings. The zero-order chi connectivity index (χ0) is 9.80. The van der Waals surface area contributed by atoms with Gasteiger partial charge in [0.2, 0.25) is 0 Å². The van der Waals surface area contributed by atoms with Gasteiger partial charge in [-0.3, -0.25) is 0 Å². The number of rotatable bonds is 3. The number of hydrogen-bond acceptors (Lipinski definition) is 1. The third kappa shape index (κ3) is 2.98. The van der Waals surface area contributed by atoms with Gasteiger partial charge in [0.1, 0.15) is 0 Å². The molecule has 14 heavy (non-hydrogen) atoms. The van der Waals surface area contributed by atoms with Gasteiger partial charge in [-0.25, -0.2) is 0 Å². The quantitative estimate of drug-likeness (QED) is 0.728. The van der Waals surface area contributed by atoms with Crippen molar-refractivity contribution in [2.24, 2.45) is 11.8 Å². The molecule has 1 nitrogen and oxygen atoms in total. The molecule has 0 saturated heterocycles. The molecule has 2 fully saturated rings. The average Bonchev–Trinajstić information content (AvgIpc) is 2.67. The second-order valence-corrected chi connectivity index (χ2v) is 5.53. The maximum atomic E-state index is 3.79. The van der Waals surface area contributed by atoms with Gasteiger partial charge < -0.3 is 5.32 Å². The van der Waals surface area contributed by atoms with Crippen molar-refractivity contribution >= 4 is 0 Å². The monoisotopic (exact) mass is 195 g/mol. The molecule has 0 aliphatic heterocycles. The Morgan fingerprint density at radius 2 is 1.79 bits per heavy atom. The summed E-state index contributed by atoms with van der Waals surface area (Å²) in [5.74, 6) is 1.97. The molecule has 2 rings (SSSR count). The van der Waals surface area contributed by atoms with Crippen LogP contribution < -0.4 is 5.32 Å². The first kappa shape index (κ1) is 10.5. The Kier molecular flexibility index (Phi) is 3.86. The van der Waals surface area contributed by atoms with Gasteiger partial charge in [0, 0.05) is 6.04 Å². The molecule has 1 heteroatoms. The van der Waals surface area contributed by atoms with Crippen molar-refractivity contribution in [2.45, 2.75) is 64.3 Å². The second kappa shape index (κ2) is 5.16. The molecule has 0 heterocycles. The molecule has 2 aliphatic carbocycles. The van der Waals surface area contributed by atoms with Crippen molar-refractivity contribution in [1.29, 1.82) is 0 Å². The van der Waals surface area contributed by atoms with Crippen LogP contribution in [0, 0.1) is 11.8 Å². The summed E-state index contributed by atoms with van der Waals surface area (Å²) in [6.45, 7) is 3.71. The fourth-order valence-electron chi connectivity index (χ4n) is 3.17. The highest BCUT2D eigenvalue weighted by Crippen LogP contribution is 2.26. The Morgan fingerprint density at radius 1 is 1.00 bits per heavy atom. The lowest BCUT2D eigenvalue weighted by Crippen LogP contribution is -2.36. The zero-order valence-electron chi connectivity index (χ0n) is 9.60. The summed E-state index contributed by atoms with van der Waals surface area (Å²) in [6, 6.07) is 0.847. The van der Waals surface area contributed by atoms with Gasteiger partial charge in [0.25, 0.3) is 0 Å². The summed E-state index contributed by atoms with van der Waals surface area (Å²) in [5, 5.41) is 3.79. The lowest BCUT2D eigenvalue weighted by Gasteiger charge is -2.28. The van der Waals surface area contributed by atoms with E-state index in [1.54, 1.807) is 0 Å². The van der Waals surface area contributed by atoms with Crippen molar-refractivity contribution in [1.82, 2.24) is 5.32 Å². The molecule has 1 N–H and O–H groups in total. The van der Waals surface area contributed by atoms with Gasteiger partial charge in [-0.15, -0.1) is 0 Å². The van der Waals surface area contributed by atoms with Crippen molar-refractivity contribution in [3.8, 4) is 0 Å². The van der Waals surface area contributed by atoms with Crippen LogP contribution in [0.15, 0.2) is 0 Å². The highest BCUT2D eigenvalue weighted by Gasteiger charge is 2.20. The van der Waals surface area contributed by atoms with E-state index >= 15 is 0 Å². The van der Waals surface area contributed by atoms with Crippen molar-refractivity contribution < 1.29 is 0 Å². The lowest BCUT2D eigenvalue weighted by molar-refractivity contribution is 0.289. The normalized spacial score (nSPS) is 34.9. The molecular formula is C13H25N. The van der Waals surface area contributed by atoms with E-state index in [-0.39, 0.29) is 0 Å². The molecule has 0 amide bonds. The second-order valence-electron chi connectivity index (χ2n) is 5.53. The minimum atomic E-state index is 0.847. The van der Waals surface area contributed by atoms with E-state index < -0.39 is 0 Å². The van der Waals surface area contributed by atoms with E-state index in [1.165, 1.54) is 57.9 Å². The maximum Gasteiger partial charge on any atom is 0.00697 e. The van der Waals surface area contributed by atoms with E-state index in [0.29, 0.717) is 0 Å². The topological polar surface area (TPSA) is 12.0 Å². The summed E-state index contributed by atoms with van der Waals surface area (Å²) >= 11 is 0. The van der Waals surface area contributed by atoms with E-state index in [9.17, 15) is 0 Å². The van der Waals surface area contributed by atoms with Gasteiger partial charge in [-0.1, -0.05) is 32.6 Å². The molecule has 0 aromatic carbocycles. The van der Waals surface area contributed by atoms with E-state index in [0.717, 1.165) is 17.9 Å². The first-order chi connectivity index (χ1) is 6.84. The lowest BCUT2D eigenvalue weighted by atomic mass is 9.87. The predicted octanol–water partition coefficient (Wildman–Crippen LogP) is 3.34. The largest absolute Gasteiger partial charge is 0.314 e. The Hall–Kier alpha value is -0.0400. The summed E-state index contributed by atoms with van der Waals surface area (Å²) in [7, 11) is 0. The highest BCUT2D eigenvalue weighted by atomic mass is 14.9. The van der Waals surface area contributed by atoms with Crippen LogP contribution in [0.1, 0.15) is 58.3 Å². The summed E-state index contributed by atoms with van der Waals surface area (Å²) < 4.78 is 0. The first-order valence-corrected chi connectivity index (χ1v) is 6.58. The van der Waals surface area contributed by atoms with E-state index in [4.69, 9.17) is 0 Å². The van der Waals surface area contributed by atoms with Crippen LogP contribution in [0.3, 0.4) is 0 Å². The average molecular weight is 195 g/mol. The molecule has 2 unspecified atom stereocenters. The molecule has 0 bridgehead atoms. The smallest absolute Gasteiger partial charge is 0.00697 e. The van der Waals surface area contributed by atoms with Crippen molar-refractivity contribution in [3.63, 3.8) is 0 Å². The summed E-state index contributed by atoms with van der Waals surface area (Å²) in [6.07, 6.45) is 11.7. The van der Waals surface area contributed by atoms with Crippen LogP contribution in [0.25, 0.3) is 0 Å². The Labute approximate surface area is 88.7 Å². The molecule has 0 radical (unpaired) electrons. The Morgan fingerprint density at radius 3 is 2.50 bits per heavy atom. The van der Waals surface area contributed by atoms with E-state index in [2.05, 4.69) is 12.2 Å². The van der Waals surface area contributed by atoms with Crippen LogP contribution in [-0.4, -0.2) is 12.6 Å². The van der Waals surface area contributed by atoms with Gasteiger partial charge in [0.15, 0.2) is 0 Å². The van der Waals surface area contributed by atoms with Crippen LogP contribution in [0.4, 0.5) is 0 Å². The summed E-state index contributed by atoms with van der Waals surface area (Å²) in [5.41, 5.74) is 0. The van der Waals surface area contributed by atoms with Gasteiger partial charge in [-0.2, -0.15) is 0 Å². The fourth-order valence-corrected chi connectivity index (χ4v) is 3.17. The van der Waals surface area contributed by atoms with Crippen LogP contribution in [0.2, 0.25) is 0 Å². The molecule has 0 aromatic rings. The third-order valence-electron chi connectivity index (χ3n) is 4.11. The predicted molar refractivity (Wildman–Crippen MR) is 61.4 cm³/mol. The number of nitrogens with one attached hydrogen (secondary N) is 1. The highest BCUT2D eigenvalue weighted by molar-refractivity contribution is 4.78. The van der Waals surface area contributed by atoms with E-state index in [1.807, 2.05) is 0 Å².